The molecule has 0 aromatic heterocycles. The lowest BCUT2D eigenvalue weighted by atomic mass is 9.82. The number of carbonyl (C=O) groups excluding carboxylic acids is 3. The molecule has 34 heavy (non-hydrogen) atoms. The Labute approximate surface area is 198 Å². The van der Waals surface area contributed by atoms with Crippen LogP contribution in [0.1, 0.15) is 52.7 Å². The van der Waals surface area contributed by atoms with Gasteiger partial charge in [0.1, 0.15) is 11.8 Å². The number of amides is 3. The number of benzene rings is 2. The third kappa shape index (κ3) is 3.97. The molecule has 3 amide bonds. The van der Waals surface area contributed by atoms with Crippen LogP contribution in [0.3, 0.4) is 0 Å². The van der Waals surface area contributed by atoms with Crippen LogP contribution in [0, 0.1) is 0 Å². The number of carbonyl (C=O) groups is 3. The van der Waals surface area contributed by atoms with Crippen molar-refractivity contribution < 1.29 is 24.2 Å². The van der Waals surface area contributed by atoms with Crippen molar-refractivity contribution in [3.63, 3.8) is 0 Å². The van der Waals surface area contributed by atoms with Crippen LogP contribution in [0.15, 0.2) is 42.5 Å². The Morgan fingerprint density at radius 2 is 1.82 bits per heavy atom. The number of aliphatic hydroxyl groups is 1. The van der Waals surface area contributed by atoms with E-state index in [0.717, 1.165) is 19.6 Å². The molecule has 2 fully saturated rings. The van der Waals surface area contributed by atoms with Gasteiger partial charge in [0.25, 0.3) is 5.91 Å². The van der Waals surface area contributed by atoms with E-state index in [9.17, 15) is 19.5 Å². The molecule has 3 heterocycles. The third-order valence-electron chi connectivity index (χ3n) is 7.30. The highest BCUT2D eigenvalue weighted by molar-refractivity contribution is 6.05. The Hall–Kier alpha value is -3.23. The summed E-state index contributed by atoms with van der Waals surface area (Å²) in [6.07, 6.45) is 1.62. The van der Waals surface area contributed by atoms with Gasteiger partial charge in [-0.1, -0.05) is 36.4 Å². The fourth-order valence-corrected chi connectivity index (χ4v) is 5.40. The first-order valence-electron chi connectivity index (χ1n) is 11.7. The van der Waals surface area contributed by atoms with E-state index in [1.54, 1.807) is 19.2 Å². The van der Waals surface area contributed by atoms with Crippen LogP contribution in [-0.2, 0) is 28.3 Å². The number of ether oxygens (including phenoxy) is 1. The summed E-state index contributed by atoms with van der Waals surface area (Å²) in [6, 6.07) is 13.1. The minimum atomic E-state index is -1.06. The molecule has 0 saturated carbocycles. The highest BCUT2D eigenvalue weighted by atomic mass is 16.5. The zero-order valence-electron chi connectivity index (χ0n) is 19.3. The lowest BCUT2D eigenvalue weighted by Crippen LogP contribution is -2.52. The predicted molar refractivity (Wildman–Crippen MR) is 124 cm³/mol. The maximum Gasteiger partial charge on any atom is 0.255 e. The number of rotatable bonds is 5. The molecule has 8 nitrogen and oxygen atoms in total. The Morgan fingerprint density at radius 1 is 1.09 bits per heavy atom. The van der Waals surface area contributed by atoms with Gasteiger partial charge in [-0.3, -0.25) is 24.6 Å². The largest absolute Gasteiger partial charge is 0.496 e. The van der Waals surface area contributed by atoms with E-state index in [0.29, 0.717) is 41.7 Å². The maximum atomic E-state index is 13.1. The van der Waals surface area contributed by atoms with Crippen molar-refractivity contribution in [3.8, 4) is 5.75 Å². The van der Waals surface area contributed by atoms with E-state index in [4.69, 9.17) is 4.74 Å². The average molecular weight is 464 g/mol. The SMILES string of the molecule is COc1c(C2(O)CCN(Cc3ccccc3)CC2)ccc2c1CN(C1CCC(=O)NC1=O)C2=O. The minimum absolute atomic E-state index is 0.206. The third-order valence-corrected chi connectivity index (χ3v) is 7.30. The van der Waals surface area contributed by atoms with Crippen LogP contribution >= 0.6 is 0 Å². The molecule has 3 aliphatic rings. The number of nitrogens with one attached hydrogen (secondary N) is 1. The number of methoxy groups -OCH3 is 1. The lowest BCUT2D eigenvalue weighted by Gasteiger charge is -2.39. The van der Waals surface area contributed by atoms with E-state index < -0.39 is 17.6 Å². The van der Waals surface area contributed by atoms with Crippen LogP contribution in [-0.4, -0.2) is 58.9 Å². The first kappa shape index (κ1) is 22.6. The normalized spacial score (nSPS) is 22.5. The zero-order valence-corrected chi connectivity index (χ0v) is 19.3. The highest BCUT2D eigenvalue weighted by Gasteiger charge is 2.43. The van der Waals surface area contributed by atoms with Crippen molar-refractivity contribution in [1.29, 1.82) is 0 Å². The summed E-state index contributed by atoms with van der Waals surface area (Å²) in [7, 11) is 1.55. The quantitative estimate of drug-likeness (QED) is 0.658. The summed E-state index contributed by atoms with van der Waals surface area (Å²) in [6.45, 7) is 2.54. The van der Waals surface area contributed by atoms with Gasteiger partial charge >= 0.3 is 0 Å². The van der Waals surface area contributed by atoms with Gasteiger partial charge < -0.3 is 14.7 Å². The molecule has 0 aliphatic carbocycles. The lowest BCUT2D eigenvalue weighted by molar-refractivity contribution is -0.136. The molecule has 5 rings (SSSR count). The number of fused-ring (bicyclic) bond motifs is 1. The van der Waals surface area contributed by atoms with Crippen LogP contribution in [0.25, 0.3) is 0 Å². The summed E-state index contributed by atoms with van der Waals surface area (Å²) in [5.74, 6) is -0.495. The smallest absolute Gasteiger partial charge is 0.255 e. The number of hydrogen-bond donors (Lipinski definition) is 2. The Balaban J connectivity index is 1.35. The van der Waals surface area contributed by atoms with E-state index in [1.165, 1.54) is 10.5 Å². The second kappa shape index (κ2) is 8.85. The monoisotopic (exact) mass is 463 g/mol. The number of nitrogens with zero attached hydrogens (tertiary/aromatic N) is 2. The van der Waals surface area contributed by atoms with E-state index in [1.807, 2.05) is 18.2 Å². The molecule has 3 aliphatic heterocycles. The van der Waals surface area contributed by atoms with Gasteiger partial charge in [-0.05, 0) is 30.9 Å². The first-order chi connectivity index (χ1) is 16.4. The molecule has 0 bridgehead atoms. The van der Waals surface area contributed by atoms with Gasteiger partial charge in [0.15, 0.2) is 0 Å². The van der Waals surface area contributed by atoms with Crippen molar-refractivity contribution in [2.24, 2.45) is 0 Å². The fraction of sp³-hybridized carbons (Fsp3) is 0.423. The molecular formula is C26H29N3O5. The van der Waals surface area contributed by atoms with Gasteiger partial charge in [0.05, 0.1) is 19.3 Å². The molecule has 0 radical (unpaired) electrons. The van der Waals surface area contributed by atoms with Gasteiger partial charge in [-0.2, -0.15) is 0 Å². The second-order valence-electron chi connectivity index (χ2n) is 9.37. The number of hydrogen-bond acceptors (Lipinski definition) is 6. The Kier molecular flexibility index (Phi) is 5.87. The standard InChI is InChI=1S/C26H29N3O5/c1-34-23-19-16-29(21-9-10-22(30)27-24(21)31)25(32)18(19)7-8-20(23)26(33)11-13-28(14-12-26)15-17-5-3-2-4-6-17/h2-8,21,33H,9-16H2,1H3,(H,27,30,31). The second-order valence-corrected chi connectivity index (χ2v) is 9.37. The van der Waals surface area contributed by atoms with E-state index >= 15 is 0 Å². The average Bonchev–Trinajstić information content (AvgIpc) is 3.17. The van der Waals surface area contributed by atoms with Gasteiger partial charge in [-0.15, -0.1) is 0 Å². The first-order valence-corrected chi connectivity index (χ1v) is 11.7. The summed E-state index contributed by atoms with van der Waals surface area (Å²) in [5, 5.41) is 13.9. The van der Waals surface area contributed by atoms with Crippen LogP contribution in [0.2, 0.25) is 0 Å². The Bertz CT molecular complexity index is 1120. The van der Waals surface area contributed by atoms with Crippen LogP contribution in [0.4, 0.5) is 0 Å². The maximum absolute atomic E-state index is 13.1. The van der Waals surface area contributed by atoms with Crippen molar-refractivity contribution in [2.45, 2.75) is 50.4 Å². The molecule has 2 aromatic rings. The molecule has 1 atom stereocenters. The fourth-order valence-electron chi connectivity index (χ4n) is 5.40. The van der Waals surface area contributed by atoms with Gasteiger partial charge in [0, 0.05) is 42.7 Å². The van der Waals surface area contributed by atoms with Crippen molar-refractivity contribution in [3.05, 3.63) is 64.7 Å². The number of imide groups is 1. The van der Waals surface area contributed by atoms with E-state index in [-0.39, 0.29) is 24.8 Å². The summed E-state index contributed by atoms with van der Waals surface area (Å²) in [5.41, 5.74) is 2.05. The number of likely N-dealkylation sites (tertiary alicyclic amines) is 1. The molecule has 2 aromatic carbocycles. The minimum Gasteiger partial charge on any atom is -0.496 e. The summed E-state index contributed by atoms with van der Waals surface area (Å²) >= 11 is 0. The molecule has 2 saturated heterocycles. The van der Waals surface area contributed by atoms with Crippen LogP contribution in [0.5, 0.6) is 5.75 Å². The molecule has 2 N–H and O–H groups in total. The van der Waals surface area contributed by atoms with Gasteiger partial charge in [-0.25, -0.2) is 0 Å². The molecule has 178 valence electrons. The zero-order chi connectivity index (χ0) is 23.9. The van der Waals surface area contributed by atoms with E-state index in [2.05, 4.69) is 22.3 Å². The Morgan fingerprint density at radius 3 is 2.50 bits per heavy atom. The summed E-state index contributed by atoms with van der Waals surface area (Å²) in [4.78, 5) is 40.8. The molecular weight excluding hydrogens is 434 g/mol. The van der Waals surface area contributed by atoms with Crippen LogP contribution < -0.4 is 10.1 Å². The van der Waals surface area contributed by atoms with Crippen molar-refractivity contribution >= 4 is 17.7 Å². The van der Waals surface area contributed by atoms with Crippen molar-refractivity contribution in [1.82, 2.24) is 15.1 Å². The number of piperidine rings is 2. The highest BCUT2D eigenvalue weighted by Crippen LogP contribution is 2.43. The summed E-state index contributed by atoms with van der Waals surface area (Å²) < 4.78 is 5.75. The molecule has 1 unspecified atom stereocenters. The van der Waals surface area contributed by atoms with Gasteiger partial charge in [0.2, 0.25) is 11.8 Å². The topological polar surface area (TPSA) is 99.2 Å². The molecule has 8 heteroatoms. The molecule has 0 spiro atoms. The van der Waals surface area contributed by atoms with Crippen molar-refractivity contribution in [2.75, 3.05) is 20.2 Å². The predicted octanol–water partition coefficient (Wildman–Crippen LogP) is 1.94.